The molecular weight excluding hydrogens is 482 g/mol. The molecular formula is C27H28ClN3O5. The first-order valence-corrected chi connectivity index (χ1v) is 12.5. The Kier molecular flexibility index (Phi) is 8.05. The van der Waals surface area contributed by atoms with Crippen LogP contribution in [-0.4, -0.2) is 36.3 Å². The van der Waals surface area contributed by atoms with Crippen LogP contribution in [0.4, 0.5) is 11.4 Å². The summed E-state index contributed by atoms with van der Waals surface area (Å²) in [5.74, 6) is -2.11. The molecule has 9 heteroatoms. The highest BCUT2D eigenvalue weighted by atomic mass is 35.5. The van der Waals surface area contributed by atoms with Crippen molar-refractivity contribution < 1.29 is 23.9 Å². The maximum absolute atomic E-state index is 13.2. The Bertz CT molecular complexity index is 1220. The number of anilines is 2. The number of hydrogen-bond donors (Lipinski definition) is 2. The van der Waals surface area contributed by atoms with E-state index in [-0.39, 0.29) is 40.5 Å². The van der Waals surface area contributed by atoms with Crippen molar-refractivity contribution in [2.24, 2.45) is 0 Å². The van der Waals surface area contributed by atoms with E-state index in [9.17, 15) is 19.2 Å². The molecule has 188 valence electrons. The summed E-state index contributed by atoms with van der Waals surface area (Å²) in [7, 11) is 0. The smallest absolute Gasteiger partial charge is 0.338 e. The van der Waals surface area contributed by atoms with E-state index in [4.69, 9.17) is 16.3 Å². The molecule has 0 saturated heterocycles. The van der Waals surface area contributed by atoms with Gasteiger partial charge in [-0.3, -0.25) is 14.4 Å². The van der Waals surface area contributed by atoms with Gasteiger partial charge >= 0.3 is 5.97 Å². The lowest BCUT2D eigenvalue weighted by molar-refractivity contribution is -0.120. The number of hydrogen-bond acceptors (Lipinski definition) is 6. The summed E-state index contributed by atoms with van der Waals surface area (Å²) in [4.78, 5) is 51.9. The number of rotatable bonds is 8. The van der Waals surface area contributed by atoms with Gasteiger partial charge in [-0.05, 0) is 55.7 Å². The summed E-state index contributed by atoms with van der Waals surface area (Å²) in [6.45, 7) is 2.15. The Hall–Kier alpha value is -3.65. The second kappa shape index (κ2) is 11.4. The fraction of sp³-hybridized carbons (Fsp3) is 0.333. The number of halogens is 1. The normalized spacial score (nSPS) is 16.3. The average Bonchev–Trinajstić information content (AvgIpc) is 3.11. The van der Waals surface area contributed by atoms with Gasteiger partial charge in [-0.25, -0.2) is 9.69 Å². The van der Waals surface area contributed by atoms with Gasteiger partial charge in [0.25, 0.3) is 17.7 Å². The molecule has 1 fully saturated rings. The van der Waals surface area contributed by atoms with Gasteiger partial charge in [0, 0.05) is 17.3 Å². The largest absolute Gasteiger partial charge is 0.462 e. The van der Waals surface area contributed by atoms with Crippen LogP contribution in [0.2, 0.25) is 0 Å². The molecule has 8 nitrogen and oxygen atoms in total. The van der Waals surface area contributed by atoms with Gasteiger partial charge in [-0.2, -0.15) is 0 Å². The number of benzene rings is 2. The van der Waals surface area contributed by atoms with Crippen molar-refractivity contribution >= 4 is 46.7 Å². The highest BCUT2D eigenvalue weighted by Gasteiger charge is 2.39. The third-order valence-electron chi connectivity index (χ3n) is 6.14. The highest BCUT2D eigenvalue weighted by Crippen LogP contribution is 2.31. The van der Waals surface area contributed by atoms with Gasteiger partial charge in [0.1, 0.15) is 10.7 Å². The maximum Gasteiger partial charge on any atom is 0.338 e. The standard InChI is InChI=1S/C27H28ClN3O5/c1-2-14-36-27(35)18-9-7-13-21(16-18)31-25(33)22(28)23(26(31)34)29-20-12-6-8-17(15-20)24(32)30-19-10-4-3-5-11-19/h6-9,12-13,15-16,19,29H,2-5,10-11,14H2,1H3,(H,30,32). The lowest BCUT2D eigenvalue weighted by atomic mass is 9.95. The monoisotopic (exact) mass is 509 g/mol. The van der Waals surface area contributed by atoms with Crippen LogP contribution in [-0.2, 0) is 14.3 Å². The topological polar surface area (TPSA) is 105 Å². The van der Waals surface area contributed by atoms with Crippen molar-refractivity contribution in [3.63, 3.8) is 0 Å². The molecule has 2 aromatic carbocycles. The minimum Gasteiger partial charge on any atom is -0.462 e. The lowest BCUT2D eigenvalue weighted by Gasteiger charge is -2.22. The van der Waals surface area contributed by atoms with E-state index in [1.807, 2.05) is 6.92 Å². The molecule has 2 N–H and O–H groups in total. The fourth-order valence-electron chi connectivity index (χ4n) is 4.29. The molecule has 4 rings (SSSR count). The molecule has 0 atom stereocenters. The SMILES string of the molecule is CCCOC(=O)c1cccc(N2C(=O)C(Cl)=C(Nc3cccc(C(=O)NC4CCCCC4)c3)C2=O)c1. The molecule has 1 saturated carbocycles. The Morgan fingerprint density at radius 2 is 1.72 bits per heavy atom. The summed E-state index contributed by atoms with van der Waals surface area (Å²) in [5, 5.41) is 5.68. The van der Waals surface area contributed by atoms with Crippen molar-refractivity contribution in [2.75, 3.05) is 16.8 Å². The summed E-state index contributed by atoms with van der Waals surface area (Å²) < 4.78 is 5.14. The van der Waals surface area contributed by atoms with Gasteiger partial charge < -0.3 is 15.4 Å². The number of imide groups is 1. The summed E-state index contributed by atoms with van der Waals surface area (Å²) in [5.41, 5.74) is 1.20. The predicted molar refractivity (Wildman–Crippen MR) is 137 cm³/mol. The number of esters is 1. The van der Waals surface area contributed by atoms with E-state index in [1.54, 1.807) is 36.4 Å². The Morgan fingerprint density at radius 3 is 2.47 bits per heavy atom. The molecule has 0 aromatic heterocycles. The Balaban J connectivity index is 1.49. The number of nitrogens with one attached hydrogen (secondary N) is 2. The second-order valence-electron chi connectivity index (χ2n) is 8.84. The molecule has 1 aliphatic carbocycles. The van der Waals surface area contributed by atoms with Crippen LogP contribution in [0, 0.1) is 0 Å². The van der Waals surface area contributed by atoms with Crippen LogP contribution in [0.1, 0.15) is 66.2 Å². The van der Waals surface area contributed by atoms with Gasteiger partial charge in [-0.1, -0.05) is 49.9 Å². The highest BCUT2D eigenvalue weighted by molar-refractivity contribution is 6.53. The van der Waals surface area contributed by atoms with Gasteiger partial charge in [0.2, 0.25) is 0 Å². The van der Waals surface area contributed by atoms with Gasteiger partial charge in [-0.15, -0.1) is 0 Å². The molecule has 0 bridgehead atoms. The summed E-state index contributed by atoms with van der Waals surface area (Å²) in [6.07, 6.45) is 6.01. The zero-order chi connectivity index (χ0) is 25.7. The van der Waals surface area contributed by atoms with E-state index in [1.165, 1.54) is 18.6 Å². The van der Waals surface area contributed by atoms with E-state index >= 15 is 0 Å². The quantitative estimate of drug-likeness (QED) is 0.393. The van der Waals surface area contributed by atoms with Crippen LogP contribution in [0.5, 0.6) is 0 Å². The predicted octanol–water partition coefficient (Wildman–Crippen LogP) is 4.75. The van der Waals surface area contributed by atoms with Crippen molar-refractivity contribution in [1.29, 1.82) is 0 Å². The van der Waals surface area contributed by atoms with Crippen LogP contribution < -0.4 is 15.5 Å². The van der Waals surface area contributed by atoms with Gasteiger partial charge in [0.05, 0.1) is 17.9 Å². The van der Waals surface area contributed by atoms with Crippen LogP contribution in [0.15, 0.2) is 59.3 Å². The Morgan fingerprint density at radius 1 is 1.00 bits per heavy atom. The van der Waals surface area contributed by atoms with Crippen LogP contribution in [0.25, 0.3) is 0 Å². The van der Waals surface area contributed by atoms with E-state index in [0.717, 1.165) is 30.6 Å². The van der Waals surface area contributed by atoms with Crippen LogP contribution in [0.3, 0.4) is 0 Å². The Labute approximate surface area is 214 Å². The van der Waals surface area contributed by atoms with Crippen molar-refractivity contribution in [2.45, 2.75) is 51.5 Å². The molecule has 36 heavy (non-hydrogen) atoms. The first-order chi connectivity index (χ1) is 17.4. The molecule has 1 aliphatic heterocycles. The number of carbonyl (C=O) groups is 4. The zero-order valence-electron chi connectivity index (χ0n) is 20.0. The zero-order valence-corrected chi connectivity index (χ0v) is 20.8. The maximum atomic E-state index is 13.2. The minimum atomic E-state index is -0.713. The molecule has 1 heterocycles. The number of amides is 3. The van der Waals surface area contributed by atoms with Crippen molar-refractivity contribution in [3.8, 4) is 0 Å². The number of carbonyl (C=O) groups excluding carboxylic acids is 4. The second-order valence-corrected chi connectivity index (χ2v) is 9.21. The van der Waals surface area contributed by atoms with Crippen LogP contribution >= 0.6 is 11.6 Å². The van der Waals surface area contributed by atoms with E-state index in [2.05, 4.69) is 10.6 Å². The first-order valence-electron chi connectivity index (χ1n) is 12.1. The van der Waals surface area contributed by atoms with Crippen molar-refractivity contribution in [1.82, 2.24) is 5.32 Å². The van der Waals surface area contributed by atoms with E-state index < -0.39 is 17.8 Å². The third kappa shape index (κ3) is 5.60. The molecule has 2 aromatic rings. The average molecular weight is 510 g/mol. The fourth-order valence-corrected chi connectivity index (χ4v) is 4.51. The molecule has 0 radical (unpaired) electrons. The number of ether oxygens (including phenoxy) is 1. The molecule has 2 aliphatic rings. The third-order valence-corrected chi connectivity index (χ3v) is 6.49. The molecule has 3 amide bonds. The minimum absolute atomic E-state index is 0.106. The molecule has 0 unspecified atom stereocenters. The summed E-state index contributed by atoms with van der Waals surface area (Å²) in [6, 6.07) is 12.9. The van der Waals surface area contributed by atoms with E-state index in [0.29, 0.717) is 17.7 Å². The number of nitrogens with zero attached hydrogens (tertiary/aromatic N) is 1. The lowest BCUT2D eigenvalue weighted by Crippen LogP contribution is -2.36. The summed E-state index contributed by atoms with van der Waals surface area (Å²) >= 11 is 6.25. The van der Waals surface area contributed by atoms with Crippen molar-refractivity contribution in [3.05, 3.63) is 70.4 Å². The van der Waals surface area contributed by atoms with Gasteiger partial charge in [0.15, 0.2) is 0 Å². The molecule has 0 spiro atoms. The first kappa shape index (κ1) is 25.4.